The Labute approximate surface area is 121 Å². The number of rotatable bonds is 4. The second-order valence-corrected chi connectivity index (χ2v) is 5.94. The van der Waals surface area contributed by atoms with Gasteiger partial charge in [0.1, 0.15) is 11.9 Å². The van der Waals surface area contributed by atoms with Crippen LogP contribution >= 0.6 is 0 Å². The third kappa shape index (κ3) is 3.65. The lowest BCUT2D eigenvalue weighted by Gasteiger charge is -2.39. The van der Waals surface area contributed by atoms with Gasteiger partial charge in [-0.25, -0.2) is 4.79 Å². The molecule has 1 saturated heterocycles. The molecule has 0 saturated carbocycles. The minimum absolute atomic E-state index is 0.00953. The topological polar surface area (TPSA) is 41.6 Å². The second kappa shape index (κ2) is 6.16. The molecule has 1 N–H and O–H groups in total. The Kier molecular flexibility index (Phi) is 4.53. The molecular weight excluding hydrogens is 252 g/mol. The first-order valence-electron chi connectivity index (χ1n) is 7.24. The summed E-state index contributed by atoms with van der Waals surface area (Å²) in [6.07, 6.45) is 0.108. The maximum atomic E-state index is 12.0. The lowest BCUT2D eigenvalue weighted by molar-refractivity contribution is 0.0431. The third-order valence-electron chi connectivity index (χ3n) is 3.78. The molecule has 1 atom stereocenters. The maximum Gasteiger partial charge on any atom is 0.317 e. The van der Waals surface area contributed by atoms with E-state index in [1.54, 1.807) is 4.90 Å². The van der Waals surface area contributed by atoms with Crippen LogP contribution in [-0.4, -0.2) is 36.2 Å². The van der Waals surface area contributed by atoms with Crippen LogP contribution in [-0.2, 0) is 0 Å². The Morgan fingerprint density at radius 3 is 2.65 bits per heavy atom. The molecule has 0 aliphatic carbocycles. The van der Waals surface area contributed by atoms with Gasteiger partial charge in [-0.05, 0) is 37.5 Å². The average Bonchev–Trinajstić information content (AvgIpc) is 2.32. The summed E-state index contributed by atoms with van der Waals surface area (Å²) in [6.45, 7) is 9.59. The smallest absolute Gasteiger partial charge is 0.317 e. The molecule has 20 heavy (non-hydrogen) atoms. The van der Waals surface area contributed by atoms with E-state index in [2.05, 4.69) is 19.2 Å². The fourth-order valence-corrected chi connectivity index (χ4v) is 2.01. The molecule has 1 aliphatic rings. The summed E-state index contributed by atoms with van der Waals surface area (Å²) >= 11 is 0. The van der Waals surface area contributed by atoms with E-state index in [1.165, 1.54) is 5.56 Å². The Morgan fingerprint density at radius 1 is 1.35 bits per heavy atom. The molecule has 2 amide bonds. The minimum Gasteiger partial charge on any atom is -0.487 e. The molecule has 0 spiro atoms. The van der Waals surface area contributed by atoms with Gasteiger partial charge in [0.25, 0.3) is 0 Å². The van der Waals surface area contributed by atoms with Gasteiger partial charge in [0.05, 0.1) is 13.1 Å². The molecule has 0 unspecified atom stereocenters. The molecule has 1 fully saturated rings. The molecule has 1 heterocycles. The lowest BCUT2D eigenvalue weighted by atomic mass is 10.1. The van der Waals surface area contributed by atoms with Gasteiger partial charge in [-0.1, -0.05) is 26.0 Å². The Hall–Kier alpha value is -1.71. The normalized spacial score (nSPS) is 16.8. The highest BCUT2D eigenvalue weighted by molar-refractivity contribution is 5.75. The van der Waals surface area contributed by atoms with Gasteiger partial charge >= 0.3 is 6.03 Å². The number of amides is 2. The summed E-state index contributed by atoms with van der Waals surface area (Å²) in [5.74, 6) is 1.32. The van der Waals surface area contributed by atoms with E-state index >= 15 is 0 Å². The highest BCUT2D eigenvalue weighted by atomic mass is 16.5. The summed E-state index contributed by atoms with van der Waals surface area (Å²) in [5.41, 5.74) is 1.18. The van der Waals surface area contributed by atoms with Crippen LogP contribution in [0.3, 0.4) is 0 Å². The summed E-state index contributed by atoms with van der Waals surface area (Å²) in [7, 11) is 0. The molecule has 4 heteroatoms. The van der Waals surface area contributed by atoms with E-state index in [0.717, 1.165) is 5.75 Å². The van der Waals surface area contributed by atoms with Crippen molar-refractivity contribution in [3.05, 3.63) is 29.8 Å². The Bertz CT molecular complexity index is 467. The summed E-state index contributed by atoms with van der Waals surface area (Å²) in [4.78, 5) is 13.7. The highest BCUT2D eigenvalue weighted by Gasteiger charge is 2.32. The number of hydrogen-bond donors (Lipinski definition) is 1. The first-order valence-corrected chi connectivity index (χ1v) is 7.24. The lowest BCUT2D eigenvalue weighted by Crippen LogP contribution is -2.60. The number of nitrogens with one attached hydrogen (secondary N) is 1. The monoisotopic (exact) mass is 276 g/mol. The molecule has 110 valence electrons. The van der Waals surface area contributed by atoms with Crippen molar-refractivity contribution in [2.75, 3.05) is 13.1 Å². The predicted octanol–water partition coefficient (Wildman–Crippen LogP) is 2.81. The average molecular weight is 276 g/mol. The summed E-state index contributed by atoms with van der Waals surface area (Å²) in [6, 6.07) is 8.20. The summed E-state index contributed by atoms with van der Waals surface area (Å²) in [5, 5.41) is 3.01. The summed E-state index contributed by atoms with van der Waals surface area (Å²) < 4.78 is 5.84. The number of hydrogen-bond acceptors (Lipinski definition) is 2. The van der Waals surface area contributed by atoms with Crippen molar-refractivity contribution >= 4 is 6.03 Å². The highest BCUT2D eigenvalue weighted by Crippen LogP contribution is 2.19. The zero-order valence-corrected chi connectivity index (χ0v) is 12.7. The standard InChI is InChI=1S/C16H24N2O2/c1-11(2)13(4)17-16(19)18-9-15(10-18)20-14-7-5-6-12(3)8-14/h5-8,11,13,15H,9-10H2,1-4H3,(H,17,19)/t13-/m1/s1. The number of urea groups is 1. The van der Waals surface area contributed by atoms with Gasteiger partial charge in [0, 0.05) is 6.04 Å². The number of ether oxygens (including phenoxy) is 1. The number of likely N-dealkylation sites (tertiary alicyclic amines) is 1. The molecule has 1 aromatic carbocycles. The molecule has 2 rings (SSSR count). The predicted molar refractivity (Wildman–Crippen MR) is 80.0 cm³/mol. The van der Waals surface area contributed by atoms with Crippen LogP contribution in [0.25, 0.3) is 0 Å². The molecule has 0 radical (unpaired) electrons. The number of nitrogens with zero attached hydrogens (tertiary/aromatic N) is 1. The van der Waals surface area contributed by atoms with E-state index in [1.807, 2.05) is 38.1 Å². The van der Waals surface area contributed by atoms with Crippen molar-refractivity contribution in [2.24, 2.45) is 5.92 Å². The SMILES string of the molecule is Cc1cccc(OC2CN(C(=O)N[C@H](C)C(C)C)C2)c1. The van der Waals surface area contributed by atoms with E-state index in [-0.39, 0.29) is 18.2 Å². The van der Waals surface area contributed by atoms with Crippen molar-refractivity contribution < 1.29 is 9.53 Å². The zero-order valence-electron chi connectivity index (χ0n) is 12.7. The van der Waals surface area contributed by atoms with Crippen molar-refractivity contribution in [3.63, 3.8) is 0 Å². The third-order valence-corrected chi connectivity index (χ3v) is 3.78. The zero-order chi connectivity index (χ0) is 14.7. The Balaban J connectivity index is 1.76. The van der Waals surface area contributed by atoms with Gasteiger partial charge in [0.15, 0.2) is 0 Å². The van der Waals surface area contributed by atoms with E-state index in [4.69, 9.17) is 4.74 Å². The van der Waals surface area contributed by atoms with Crippen LogP contribution in [0.15, 0.2) is 24.3 Å². The molecule has 4 nitrogen and oxygen atoms in total. The van der Waals surface area contributed by atoms with Gasteiger partial charge in [-0.15, -0.1) is 0 Å². The first kappa shape index (κ1) is 14.7. The maximum absolute atomic E-state index is 12.0. The minimum atomic E-state index is 0.00953. The van der Waals surface area contributed by atoms with Crippen LogP contribution in [0.5, 0.6) is 5.75 Å². The quantitative estimate of drug-likeness (QED) is 0.918. The van der Waals surface area contributed by atoms with E-state index in [0.29, 0.717) is 19.0 Å². The molecular formula is C16H24N2O2. The molecule has 0 aromatic heterocycles. The Morgan fingerprint density at radius 2 is 2.05 bits per heavy atom. The van der Waals surface area contributed by atoms with E-state index in [9.17, 15) is 4.79 Å². The number of carbonyl (C=O) groups is 1. The van der Waals surface area contributed by atoms with Crippen LogP contribution < -0.4 is 10.1 Å². The fraction of sp³-hybridized carbons (Fsp3) is 0.562. The van der Waals surface area contributed by atoms with Crippen molar-refractivity contribution in [1.82, 2.24) is 10.2 Å². The van der Waals surface area contributed by atoms with E-state index < -0.39 is 0 Å². The number of aryl methyl sites for hydroxylation is 1. The number of carbonyl (C=O) groups excluding carboxylic acids is 1. The molecule has 1 aliphatic heterocycles. The second-order valence-electron chi connectivity index (χ2n) is 5.94. The fourth-order valence-electron chi connectivity index (χ4n) is 2.01. The van der Waals surface area contributed by atoms with Gasteiger partial charge < -0.3 is 15.0 Å². The van der Waals surface area contributed by atoms with Gasteiger partial charge in [0.2, 0.25) is 0 Å². The van der Waals surface area contributed by atoms with Crippen LogP contribution in [0.1, 0.15) is 26.3 Å². The molecule has 0 bridgehead atoms. The van der Waals surface area contributed by atoms with Crippen LogP contribution in [0, 0.1) is 12.8 Å². The van der Waals surface area contributed by atoms with Crippen LogP contribution in [0.4, 0.5) is 4.79 Å². The van der Waals surface area contributed by atoms with Crippen LogP contribution in [0.2, 0.25) is 0 Å². The van der Waals surface area contributed by atoms with Gasteiger partial charge in [-0.3, -0.25) is 0 Å². The van der Waals surface area contributed by atoms with Gasteiger partial charge in [-0.2, -0.15) is 0 Å². The van der Waals surface area contributed by atoms with Crippen molar-refractivity contribution in [3.8, 4) is 5.75 Å². The molecule has 1 aromatic rings. The number of benzene rings is 1. The van der Waals surface area contributed by atoms with Crippen molar-refractivity contribution in [2.45, 2.75) is 39.8 Å². The first-order chi connectivity index (χ1) is 9.45. The largest absolute Gasteiger partial charge is 0.487 e. The van der Waals surface area contributed by atoms with Crippen molar-refractivity contribution in [1.29, 1.82) is 0 Å².